The van der Waals surface area contributed by atoms with Crippen molar-refractivity contribution in [3.63, 3.8) is 0 Å². The number of hydrogen-bond acceptors (Lipinski definition) is 4. The van der Waals surface area contributed by atoms with Crippen molar-refractivity contribution < 1.29 is 0 Å². The Morgan fingerprint density at radius 3 is 2.58 bits per heavy atom. The molecule has 4 aromatic rings. The Balaban J connectivity index is 1.79. The molecule has 6 nitrogen and oxygen atoms in total. The number of aromatic nitrogens is 5. The zero-order valence-electron chi connectivity index (χ0n) is 14.3. The third kappa shape index (κ3) is 2.82. The van der Waals surface area contributed by atoms with Crippen molar-refractivity contribution in [2.45, 2.75) is 13.3 Å². The number of benzene rings is 2. The molecule has 2 aromatic heterocycles. The van der Waals surface area contributed by atoms with Gasteiger partial charge >= 0.3 is 0 Å². The van der Waals surface area contributed by atoms with E-state index in [1.165, 1.54) is 0 Å². The Labute approximate surface area is 155 Å². The van der Waals surface area contributed by atoms with Gasteiger partial charge in [-0.3, -0.25) is 9.67 Å². The number of nitrogens with two attached hydrogens (primary N) is 1. The van der Waals surface area contributed by atoms with Crippen LogP contribution in [0.3, 0.4) is 0 Å². The number of imidazole rings is 1. The van der Waals surface area contributed by atoms with Gasteiger partial charge in [0.2, 0.25) is 0 Å². The summed E-state index contributed by atoms with van der Waals surface area (Å²) >= 11 is 5.46. The maximum absolute atomic E-state index is 6.03. The van der Waals surface area contributed by atoms with Crippen molar-refractivity contribution in [2.24, 2.45) is 0 Å². The standard InChI is InChI=1S/C19H18N6S/c1-2-13-11-14(3-8-17(13)20)18-22-23-19(26)25(18)16-6-4-15(5-7-16)24-10-9-21-12-24/h3-12H,2,20H2,1H3,(H,23,26). The first kappa shape index (κ1) is 16.3. The van der Waals surface area contributed by atoms with Gasteiger partial charge in [-0.25, -0.2) is 4.98 Å². The van der Waals surface area contributed by atoms with Gasteiger partial charge in [-0.1, -0.05) is 6.92 Å². The normalized spacial score (nSPS) is 11.0. The number of rotatable bonds is 4. The van der Waals surface area contributed by atoms with E-state index in [0.29, 0.717) is 4.77 Å². The number of hydrogen-bond donors (Lipinski definition) is 2. The summed E-state index contributed by atoms with van der Waals surface area (Å²) in [7, 11) is 0. The average Bonchev–Trinajstić information content (AvgIpc) is 3.32. The van der Waals surface area contributed by atoms with Crippen LogP contribution in [-0.4, -0.2) is 24.3 Å². The van der Waals surface area contributed by atoms with Gasteiger partial charge in [0.25, 0.3) is 0 Å². The van der Waals surface area contributed by atoms with E-state index in [0.717, 1.165) is 40.4 Å². The summed E-state index contributed by atoms with van der Waals surface area (Å²) in [5.74, 6) is 0.764. The van der Waals surface area contributed by atoms with Crippen molar-refractivity contribution in [2.75, 3.05) is 5.73 Å². The number of nitrogen functional groups attached to an aromatic ring is 1. The van der Waals surface area contributed by atoms with Crippen molar-refractivity contribution in [1.29, 1.82) is 0 Å². The van der Waals surface area contributed by atoms with Gasteiger partial charge in [-0.15, -0.1) is 0 Å². The smallest absolute Gasteiger partial charge is 0.200 e. The first-order chi connectivity index (χ1) is 12.7. The first-order valence-corrected chi connectivity index (χ1v) is 8.73. The topological polar surface area (TPSA) is 77.5 Å². The van der Waals surface area contributed by atoms with Crippen molar-refractivity contribution in [3.8, 4) is 22.8 Å². The maximum atomic E-state index is 6.03. The molecule has 130 valence electrons. The molecule has 0 spiro atoms. The summed E-state index contributed by atoms with van der Waals surface area (Å²) in [5, 5.41) is 7.33. The number of aryl methyl sites for hydroxylation is 1. The Morgan fingerprint density at radius 1 is 1.12 bits per heavy atom. The molecule has 4 rings (SSSR count). The highest BCUT2D eigenvalue weighted by molar-refractivity contribution is 7.71. The fraction of sp³-hybridized carbons (Fsp3) is 0.105. The Hall–Kier alpha value is -3.19. The van der Waals surface area contributed by atoms with Gasteiger partial charge in [-0.2, -0.15) is 5.10 Å². The van der Waals surface area contributed by atoms with E-state index in [-0.39, 0.29) is 0 Å². The number of aromatic amines is 1. The third-order valence-electron chi connectivity index (χ3n) is 4.36. The fourth-order valence-corrected chi connectivity index (χ4v) is 3.20. The highest BCUT2D eigenvalue weighted by Crippen LogP contribution is 2.25. The number of nitrogens with zero attached hydrogens (tertiary/aromatic N) is 4. The molecule has 0 aliphatic rings. The summed E-state index contributed by atoms with van der Waals surface area (Å²) in [6.07, 6.45) is 6.30. The molecule has 0 saturated heterocycles. The predicted molar refractivity (Wildman–Crippen MR) is 105 cm³/mol. The molecule has 0 bridgehead atoms. The molecular weight excluding hydrogens is 344 g/mol. The summed E-state index contributed by atoms with van der Waals surface area (Å²) in [4.78, 5) is 4.08. The molecular formula is C19H18N6S. The van der Waals surface area contributed by atoms with Crippen LogP contribution in [0.2, 0.25) is 0 Å². The van der Waals surface area contributed by atoms with Crippen molar-refractivity contribution >= 4 is 17.9 Å². The molecule has 26 heavy (non-hydrogen) atoms. The molecule has 0 saturated carbocycles. The summed E-state index contributed by atoms with van der Waals surface area (Å²) in [6, 6.07) is 14.0. The highest BCUT2D eigenvalue weighted by Gasteiger charge is 2.12. The number of H-pyrrole nitrogens is 1. The summed E-state index contributed by atoms with van der Waals surface area (Å²) < 4.78 is 4.43. The summed E-state index contributed by atoms with van der Waals surface area (Å²) in [5.41, 5.74) is 10.9. The summed E-state index contributed by atoms with van der Waals surface area (Å²) in [6.45, 7) is 2.08. The first-order valence-electron chi connectivity index (χ1n) is 8.32. The minimum atomic E-state index is 0.547. The number of anilines is 1. The quantitative estimate of drug-likeness (QED) is 0.426. The van der Waals surface area contributed by atoms with E-state index in [1.54, 1.807) is 12.5 Å². The average molecular weight is 362 g/mol. The van der Waals surface area contributed by atoms with Crippen molar-refractivity contribution in [1.82, 2.24) is 24.3 Å². The lowest BCUT2D eigenvalue weighted by atomic mass is 10.1. The molecule has 0 amide bonds. The minimum Gasteiger partial charge on any atom is -0.399 e. The van der Waals surface area contributed by atoms with Crippen LogP contribution < -0.4 is 5.73 Å². The molecule has 2 aromatic carbocycles. The molecule has 0 aliphatic carbocycles. The molecule has 0 aliphatic heterocycles. The largest absolute Gasteiger partial charge is 0.399 e. The second-order valence-corrected chi connectivity index (χ2v) is 6.33. The third-order valence-corrected chi connectivity index (χ3v) is 4.64. The van der Waals surface area contributed by atoms with Crippen LogP contribution in [0.5, 0.6) is 0 Å². The molecule has 2 heterocycles. The van der Waals surface area contributed by atoms with Crippen LogP contribution in [0.4, 0.5) is 5.69 Å². The van der Waals surface area contributed by atoms with E-state index in [1.807, 2.05) is 51.7 Å². The van der Waals surface area contributed by atoms with E-state index in [2.05, 4.69) is 28.2 Å². The van der Waals surface area contributed by atoms with Gasteiger partial charge in [0.1, 0.15) is 0 Å². The van der Waals surface area contributed by atoms with Gasteiger partial charge < -0.3 is 10.3 Å². The van der Waals surface area contributed by atoms with Crippen LogP contribution >= 0.6 is 12.2 Å². The molecule has 0 unspecified atom stereocenters. The highest BCUT2D eigenvalue weighted by atomic mass is 32.1. The van der Waals surface area contributed by atoms with E-state index in [9.17, 15) is 0 Å². The van der Waals surface area contributed by atoms with Crippen LogP contribution in [0.1, 0.15) is 12.5 Å². The molecule has 3 N–H and O–H groups in total. The second-order valence-electron chi connectivity index (χ2n) is 5.94. The molecule has 7 heteroatoms. The zero-order chi connectivity index (χ0) is 18.1. The van der Waals surface area contributed by atoms with Gasteiger partial charge in [0.15, 0.2) is 10.6 Å². The monoisotopic (exact) mass is 362 g/mol. The lowest BCUT2D eigenvalue weighted by Crippen LogP contribution is -2.00. The Morgan fingerprint density at radius 2 is 1.88 bits per heavy atom. The van der Waals surface area contributed by atoms with Gasteiger partial charge in [0, 0.05) is 29.3 Å². The lowest BCUT2D eigenvalue weighted by molar-refractivity contribution is 1.02. The number of nitrogens with one attached hydrogen (secondary N) is 1. The fourth-order valence-electron chi connectivity index (χ4n) is 2.97. The predicted octanol–water partition coefficient (Wildman–Crippen LogP) is 3.93. The van der Waals surface area contributed by atoms with Crippen LogP contribution in [0.15, 0.2) is 61.2 Å². The van der Waals surface area contributed by atoms with E-state index < -0.39 is 0 Å². The van der Waals surface area contributed by atoms with Gasteiger partial charge in [0.05, 0.1) is 12.0 Å². The molecule has 0 radical (unpaired) electrons. The second kappa shape index (κ2) is 6.61. The Kier molecular flexibility index (Phi) is 4.14. The maximum Gasteiger partial charge on any atom is 0.200 e. The van der Waals surface area contributed by atoms with Crippen molar-refractivity contribution in [3.05, 3.63) is 71.5 Å². The minimum absolute atomic E-state index is 0.547. The Bertz CT molecular complexity index is 1090. The SMILES string of the molecule is CCc1cc(-c2n[nH]c(=S)n2-c2ccc(-n3ccnc3)cc2)ccc1N. The van der Waals surface area contributed by atoms with Crippen LogP contribution in [-0.2, 0) is 6.42 Å². The molecule has 0 atom stereocenters. The van der Waals surface area contributed by atoms with E-state index in [4.69, 9.17) is 18.0 Å². The van der Waals surface area contributed by atoms with Crippen LogP contribution in [0, 0.1) is 4.77 Å². The molecule has 0 fully saturated rings. The van der Waals surface area contributed by atoms with Gasteiger partial charge in [-0.05, 0) is 66.7 Å². The lowest BCUT2D eigenvalue weighted by Gasteiger charge is -2.10. The van der Waals surface area contributed by atoms with Crippen LogP contribution in [0.25, 0.3) is 22.8 Å². The van der Waals surface area contributed by atoms with E-state index >= 15 is 0 Å². The zero-order valence-corrected chi connectivity index (χ0v) is 15.1.